The summed E-state index contributed by atoms with van der Waals surface area (Å²) in [5.41, 5.74) is 3.45. The van der Waals surface area contributed by atoms with Gasteiger partial charge in [-0.15, -0.1) is 0 Å². The standard InChI is InChI=1S/C26H19ClN2O4/c27-22-11-8-20(9-12-22)26(31)33-24-7-3-4-18(14-24)16-28-29-25(30)17-32-23-13-10-19-5-1-2-6-21(19)15-23/h1-16H,17H2,(H,29,30)/b28-16-. The summed E-state index contributed by atoms with van der Waals surface area (Å²) in [5, 5.41) is 6.60. The van der Waals surface area contributed by atoms with Crippen molar-refractivity contribution in [1.29, 1.82) is 0 Å². The molecule has 1 N–H and O–H groups in total. The van der Waals surface area contributed by atoms with Crippen LogP contribution < -0.4 is 14.9 Å². The average Bonchev–Trinajstić information content (AvgIpc) is 2.83. The molecule has 0 saturated carbocycles. The topological polar surface area (TPSA) is 77.0 Å². The number of amides is 1. The quantitative estimate of drug-likeness (QED) is 0.178. The van der Waals surface area contributed by atoms with E-state index >= 15 is 0 Å². The molecule has 6 nitrogen and oxygen atoms in total. The molecule has 0 heterocycles. The van der Waals surface area contributed by atoms with Crippen LogP contribution in [-0.2, 0) is 4.79 Å². The van der Waals surface area contributed by atoms with E-state index in [1.165, 1.54) is 6.21 Å². The fourth-order valence-electron chi connectivity index (χ4n) is 3.03. The van der Waals surface area contributed by atoms with E-state index in [0.29, 0.717) is 27.6 Å². The summed E-state index contributed by atoms with van der Waals surface area (Å²) in [6, 6.07) is 26.7. The van der Waals surface area contributed by atoms with Crippen LogP contribution in [0.5, 0.6) is 11.5 Å². The van der Waals surface area contributed by atoms with Crippen molar-refractivity contribution >= 4 is 40.5 Å². The van der Waals surface area contributed by atoms with E-state index in [1.807, 2.05) is 42.5 Å². The minimum atomic E-state index is -0.500. The predicted octanol–water partition coefficient (Wildman–Crippen LogP) is 5.24. The Morgan fingerprint density at radius 2 is 1.64 bits per heavy atom. The lowest BCUT2D eigenvalue weighted by Gasteiger charge is -2.06. The lowest BCUT2D eigenvalue weighted by molar-refractivity contribution is -0.123. The Morgan fingerprint density at radius 3 is 2.45 bits per heavy atom. The number of halogens is 1. The number of benzene rings is 4. The Balaban J connectivity index is 1.29. The second-order valence-corrected chi connectivity index (χ2v) is 7.50. The van der Waals surface area contributed by atoms with E-state index in [2.05, 4.69) is 10.5 Å². The summed E-state index contributed by atoms with van der Waals surface area (Å²) < 4.78 is 10.9. The van der Waals surface area contributed by atoms with Crippen LogP contribution in [0.3, 0.4) is 0 Å². The van der Waals surface area contributed by atoms with E-state index < -0.39 is 11.9 Å². The summed E-state index contributed by atoms with van der Waals surface area (Å²) >= 11 is 5.84. The van der Waals surface area contributed by atoms with Crippen LogP contribution >= 0.6 is 11.6 Å². The van der Waals surface area contributed by atoms with Gasteiger partial charge in [-0.2, -0.15) is 5.10 Å². The molecular weight excluding hydrogens is 440 g/mol. The van der Waals surface area contributed by atoms with Crippen molar-refractivity contribution in [2.45, 2.75) is 0 Å². The Labute approximate surface area is 195 Å². The van der Waals surface area contributed by atoms with E-state index in [4.69, 9.17) is 21.1 Å². The third-order valence-corrected chi connectivity index (χ3v) is 4.89. The van der Waals surface area contributed by atoms with Crippen LogP contribution in [0, 0.1) is 0 Å². The Bertz CT molecular complexity index is 1320. The highest BCUT2D eigenvalue weighted by atomic mass is 35.5. The first-order valence-corrected chi connectivity index (χ1v) is 10.5. The molecule has 0 unspecified atom stereocenters. The van der Waals surface area contributed by atoms with Crippen molar-refractivity contribution in [1.82, 2.24) is 5.43 Å². The van der Waals surface area contributed by atoms with Crippen molar-refractivity contribution in [2.75, 3.05) is 6.61 Å². The number of nitrogens with one attached hydrogen (secondary N) is 1. The molecular formula is C26H19ClN2O4. The molecule has 0 bridgehead atoms. The largest absolute Gasteiger partial charge is 0.484 e. The van der Waals surface area contributed by atoms with Gasteiger partial charge in [-0.3, -0.25) is 4.79 Å². The number of esters is 1. The lowest BCUT2D eigenvalue weighted by Crippen LogP contribution is -2.24. The molecule has 0 aromatic heterocycles. The Morgan fingerprint density at radius 1 is 0.848 bits per heavy atom. The smallest absolute Gasteiger partial charge is 0.343 e. The molecule has 0 spiro atoms. The number of nitrogens with zero attached hydrogens (tertiary/aromatic N) is 1. The first kappa shape index (κ1) is 22.0. The summed E-state index contributed by atoms with van der Waals surface area (Å²) in [7, 11) is 0. The zero-order valence-electron chi connectivity index (χ0n) is 17.4. The lowest BCUT2D eigenvalue weighted by atomic mass is 10.1. The van der Waals surface area contributed by atoms with Crippen LogP contribution in [0.25, 0.3) is 10.8 Å². The second-order valence-electron chi connectivity index (χ2n) is 7.06. The molecule has 0 saturated heterocycles. The molecule has 0 radical (unpaired) electrons. The van der Waals surface area contributed by atoms with Crippen molar-refractivity contribution in [3.8, 4) is 11.5 Å². The van der Waals surface area contributed by atoms with Crippen molar-refractivity contribution in [3.05, 3.63) is 107 Å². The predicted molar refractivity (Wildman–Crippen MR) is 128 cm³/mol. The SMILES string of the molecule is O=C(COc1ccc2ccccc2c1)N/N=C\c1cccc(OC(=O)c2ccc(Cl)cc2)c1. The number of hydrogen-bond acceptors (Lipinski definition) is 5. The van der Waals surface area contributed by atoms with Gasteiger partial charge < -0.3 is 9.47 Å². The molecule has 0 aliphatic heterocycles. The fourth-order valence-corrected chi connectivity index (χ4v) is 3.15. The molecule has 4 rings (SSSR count). The molecule has 33 heavy (non-hydrogen) atoms. The third kappa shape index (κ3) is 6.18. The van der Waals surface area contributed by atoms with E-state index in [-0.39, 0.29) is 6.61 Å². The first-order chi connectivity index (χ1) is 16.1. The maximum Gasteiger partial charge on any atom is 0.343 e. The number of carbonyl (C=O) groups is 2. The van der Waals surface area contributed by atoms with E-state index in [9.17, 15) is 9.59 Å². The van der Waals surface area contributed by atoms with Gasteiger partial charge in [-0.05, 0) is 64.9 Å². The van der Waals surface area contributed by atoms with Crippen LogP contribution in [-0.4, -0.2) is 24.7 Å². The zero-order valence-corrected chi connectivity index (χ0v) is 18.2. The summed E-state index contributed by atoms with van der Waals surface area (Å²) in [4.78, 5) is 24.3. The van der Waals surface area contributed by atoms with Gasteiger partial charge in [0.25, 0.3) is 5.91 Å². The second kappa shape index (κ2) is 10.4. The number of ether oxygens (including phenoxy) is 2. The maximum absolute atomic E-state index is 12.2. The van der Waals surface area contributed by atoms with Crippen molar-refractivity contribution < 1.29 is 19.1 Å². The monoisotopic (exact) mass is 458 g/mol. The first-order valence-electron chi connectivity index (χ1n) is 10.1. The molecule has 0 atom stereocenters. The minimum absolute atomic E-state index is 0.172. The van der Waals surface area contributed by atoms with Gasteiger partial charge in [-0.25, -0.2) is 10.2 Å². The molecule has 4 aromatic rings. The molecule has 0 fully saturated rings. The molecule has 0 aliphatic rings. The summed E-state index contributed by atoms with van der Waals surface area (Å²) in [6.45, 7) is -0.172. The molecule has 0 aliphatic carbocycles. The number of hydrogen-bond donors (Lipinski definition) is 1. The van der Waals surface area contributed by atoms with Crippen LogP contribution in [0.2, 0.25) is 5.02 Å². The summed E-state index contributed by atoms with van der Waals surface area (Å²) in [5.74, 6) is 0.0533. The number of carbonyl (C=O) groups excluding carboxylic acids is 2. The van der Waals surface area contributed by atoms with Gasteiger partial charge >= 0.3 is 5.97 Å². The number of rotatable bonds is 7. The van der Waals surface area contributed by atoms with E-state index in [1.54, 1.807) is 48.5 Å². The van der Waals surface area contributed by atoms with Gasteiger partial charge in [-0.1, -0.05) is 54.1 Å². The third-order valence-electron chi connectivity index (χ3n) is 4.64. The normalized spacial score (nSPS) is 10.8. The van der Waals surface area contributed by atoms with Crippen LogP contribution in [0.15, 0.2) is 96.1 Å². The zero-order chi connectivity index (χ0) is 23.0. The van der Waals surface area contributed by atoms with Crippen molar-refractivity contribution in [3.63, 3.8) is 0 Å². The van der Waals surface area contributed by atoms with Gasteiger partial charge in [0.15, 0.2) is 6.61 Å². The van der Waals surface area contributed by atoms with Crippen LogP contribution in [0.1, 0.15) is 15.9 Å². The molecule has 164 valence electrons. The summed E-state index contributed by atoms with van der Waals surface area (Å²) in [6.07, 6.45) is 1.45. The Hall–Kier alpha value is -4.16. The van der Waals surface area contributed by atoms with Crippen molar-refractivity contribution in [2.24, 2.45) is 5.10 Å². The fraction of sp³-hybridized carbons (Fsp3) is 0.0385. The van der Waals surface area contributed by atoms with Gasteiger partial charge in [0, 0.05) is 5.02 Å². The molecule has 4 aromatic carbocycles. The molecule has 1 amide bonds. The van der Waals surface area contributed by atoms with E-state index in [0.717, 1.165) is 10.8 Å². The highest BCUT2D eigenvalue weighted by Crippen LogP contribution is 2.20. The highest BCUT2D eigenvalue weighted by Gasteiger charge is 2.08. The average molecular weight is 459 g/mol. The van der Waals surface area contributed by atoms with Gasteiger partial charge in [0.05, 0.1) is 11.8 Å². The number of hydrazone groups is 1. The maximum atomic E-state index is 12.2. The van der Waals surface area contributed by atoms with Crippen LogP contribution in [0.4, 0.5) is 0 Å². The Kier molecular flexibility index (Phi) is 6.97. The molecule has 7 heteroatoms. The number of fused-ring (bicyclic) bond motifs is 1. The minimum Gasteiger partial charge on any atom is -0.484 e. The van der Waals surface area contributed by atoms with Gasteiger partial charge in [0.1, 0.15) is 11.5 Å². The highest BCUT2D eigenvalue weighted by molar-refractivity contribution is 6.30. The van der Waals surface area contributed by atoms with Gasteiger partial charge in [0.2, 0.25) is 0 Å².